The fraction of sp³-hybridized carbons (Fsp3) is 0.250. The molecular weight excluding hydrogens is 423 g/mol. The summed E-state index contributed by atoms with van der Waals surface area (Å²) >= 11 is 3.17. The van der Waals surface area contributed by atoms with Gasteiger partial charge < -0.3 is 15.5 Å². The molecule has 0 unspecified atom stereocenters. The molecule has 2 N–H and O–H groups in total. The molecule has 8 heteroatoms. The highest BCUT2D eigenvalue weighted by Crippen LogP contribution is 2.25. The van der Waals surface area contributed by atoms with Crippen LogP contribution in [0.25, 0.3) is 11.3 Å². The van der Waals surface area contributed by atoms with Crippen LogP contribution in [0.1, 0.15) is 6.42 Å². The van der Waals surface area contributed by atoms with E-state index in [-0.39, 0.29) is 5.82 Å². The van der Waals surface area contributed by atoms with Gasteiger partial charge >= 0.3 is 0 Å². The molecule has 0 spiro atoms. The van der Waals surface area contributed by atoms with Gasteiger partial charge in [-0.3, -0.25) is 4.98 Å². The van der Waals surface area contributed by atoms with Gasteiger partial charge in [0.1, 0.15) is 11.6 Å². The first-order chi connectivity index (χ1) is 13.5. The van der Waals surface area contributed by atoms with Gasteiger partial charge in [-0.2, -0.15) is 4.98 Å². The fourth-order valence-electron chi connectivity index (χ4n) is 2.58. The van der Waals surface area contributed by atoms with Gasteiger partial charge in [0.25, 0.3) is 0 Å². The van der Waals surface area contributed by atoms with Gasteiger partial charge in [0.15, 0.2) is 0 Å². The van der Waals surface area contributed by atoms with Gasteiger partial charge in [0.2, 0.25) is 5.95 Å². The van der Waals surface area contributed by atoms with Crippen molar-refractivity contribution in [2.24, 2.45) is 0 Å². The number of nitrogens with zero attached hydrogens (tertiary/aromatic N) is 4. The largest absolute Gasteiger partial charge is 0.354 e. The van der Waals surface area contributed by atoms with E-state index in [1.807, 2.05) is 32.3 Å². The molecule has 0 aliphatic heterocycles. The molecule has 0 atom stereocenters. The molecule has 0 saturated heterocycles. The molecular formula is C20H22BrFN6. The summed E-state index contributed by atoms with van der Waals surface area (Å²) in [5.41, 5.74) is 2.30. The lowest BCUT2D eigenvalue weighted by molar-refractivity contribution is 0.405. The third-order valence-electron chi connectivity index (χ3n) is 3.96. The van der Waals surface area contributed by atoms with E-state index >= 15 is 0 Å². The normalized spacial score (nSPS) is 10.9. The van der Waals surface area contributed by atoms with E-state index < -0.39 is 0 Å². The number of hydrogen-bond acceptors (Lipinski definition) is 6. The maximum absolute atomic E-state index is 13.8. The summed E-state index contributed by atoms with van der Waals surface area (Å²) in [4.78, 5) is 15.3. The standard InChI is InChI=1S/C20H22BrFN6/c1-28(2)11-3-8-24-20-26-18(14-6-9-23-10-7-14)13-19(27-20)25-15-4-5-16(21)17(22)12-15/h4-7,9-10,12-13H,3,8,11H2,1-2H3,(H2,24,25,26,27). The highest BCUT2D eigenvalue weighted by Gasteiger charge is 2.08. The number of rotatable bonds is 8. The molecule has 0 bridgehead atoms. The SMILES string of the molecule is CN(C)CCCNc1nc(Nc2ccc(Br)c(F)c2)cc(-c2ccncc2)n1. The number of halogens is 2. The monoisotopic (exact) mass is 444 g/mol. The summed E-state index contributed by atoms with van der Waals surface area (Å²) in [6, 6.07) is 10.5. The third kappa shape index (κ3) is 5.71. The zero-order chi connectivity index (χ0) is 19.9. The quantitative estimate of drug-likeness (QED) is 0.496. The average Bonchev–Trinajstić information content (AvgIpc) is 2.68. The maximum Gasteiger partial charge on any atom is 0.225 e. The molecule has 0 radical (unpaired) electrons. The van der Waals surface area contributed by atoms with E-state index in [9.17, 15) is 4.39 Å². The molecule has 0 aliphatic rings. The summed E-state index contributed by atoms with van der Waals surface area (Å²) in [6.45, 7) is 1.73. The smallest absolute Gasteiger partial charge is 0.225 e. The number of benzene rings is 1. The van der Waals surface area contributed by atoms with E-state index in [0.717, 1.165) is 30.8 Å². The van der Waals surface area contributed by atoms with Gasteiger partial charge in [-0.15, -0.1) is 0 Å². The van der Waals surface area contributed by atoms with E-state index in [4.69, 9.17) is 0 Å². The first-order valence-corrected chi connectivity index (χ1v) is 9.71. The van der Waals surface area contributed by atoms with Crippen LogP contribution in [0.2, 0.25) is 0 Å². The van der Waals surface area contributed by atoms with Crippen molar-refractivity contribution in [1.82, 2.24) is 19.9 Å². The lowest BCUT2D eigenvalue weighted by atomic mass is 10.2. The van der Waals surface area contributed by atoms with Crippen LogP contribution in [0.3, 0.4) is 0 Å². The Morgan fingerprint density at radius 3 is 2.57 bits per heavy atom. The number of pyridine rings is 1. The van der Waals surface area contributed by atoms with Crippen LogP contribution in [0.15, 0.2) is 53.3 Å². The Morgan fingerprint density at radius 1 is 1.07 bits per heavy atom. The second-order valence-corrected chi connectivity index (χ2v) is 7.39. The van der Waals surface area contributed by atoms with Crippen molar-refractivity contribution >= 4 is 33.4 Å². The van der Waals surface area contributed by atoms with Gasteiger partial charge in [0, 0.05) is 36.3 Å². The zero-order valence-electron chi connectivity index (χ0n) is 15.8. The Balaban J connectivity index is 1.85. The molecule has 0 amide bonds. The van der Waals surface area contributed by atoms with E-state index in [2.05, 4.69) is 46.4 Å². The summed E-state index contributed by atoms with van der Waals surface area (Å²) in [5, 5.41) is 6.43. The van der Waals surface area contributed by atoms with Crippen molar-refractivity contribution in [1.29, 1.82) is 0 Å². The minimum absolute atomic E-state index is 0.338. The Kier molecular flexibility index (Phi) is 6.89. The lowest BCUT2D eigenvalue weighted by Crippen LogP contribution is -2.17. The zero-order valence-corrected chi connectivity index (χ0v) is 17.4. The van der Waals surface area contributed by atoms with Crippen LogP contribution >= 0.6 is 15.9 Å². The highest BCUT2D eigenvalue weighted by molar-refractivity contribution is 9.10. The van der Waals surface area contributed by atoms with Gasteiger partial charge in [-0.05, 0) is 73.3 Å². The van der Waals surface area contributed by atoms with Crippen molar-refractivity contribution in [3.05, 3.63) is 59.1 Å². The van der Waals surface area contributed by atoms with Crippen molar-refractivity contribution < 1.29 is 4.39 Å². The minimum Gasteiger partial charge on any atom is -0.354 e. The fourth-order valence-corrected chi connectivity index (χ4v) is 2.82. The Morgan fingerprint density at radius 2 is 1.86 bits per heavy atom. The number of anilines is 3. The third-order valence-corrected chi connectivity index (χ3v) is 4.60. The summed E-state index contributed by atoms with van der Waals surface area (Å²) in [7, 11) is 4.08. The molecule has 6 nitrogen and oxygen atoms in total. The van der Waals surface area contributed by atoms with E-state index in [1.165, 1.54) is 6.07 Å². The highest BCUT2D eigenvalue weighted by atomic mass is 79.9. The van der Waals surface area contributed by atoms with Gasteiger partial charge in [0.05, 0.1) is 10.2 Å². The second kappa shape index (κ2) is 9.57. The van der Waals surface area contributed by atoms with Gasteiger partial charge in [-0.1, -0.05) is 0 Å². The molecule has 3 aromatic rings. The van der Waals surface area contributed by atoms with Crippen molar-refractivity contribution in [2.45, 2.75) is 6.42 Å². The van der Waals surface area contributed by atoms with E-state index in [0.29, 0.717) is 21.9 Å². The minimum atomic E-state index is -0.338. The topological polar surface area (TPSA) is 66.0 Å². The molecule has 28 heavy (non-hydrogen) atoms. The number of aromatic nitrogens is 3. The summed E-state index contributed by atoms with van der Waals surface area (Å²) in [5.74, 6) is 0.766. The summed E-state index contributed by atoms with van der Waals surface area (Å²) < 4.78 is 14.3. The predicted molar refractivity (Wildman–Crippen MR) is 114 cm³/mol. The molecule has 1 aromatic carbocycles. The van der Waals surface area contributed by atoms with Crippen molar-refractivity contribution in [2.75, 3.05) is 37.8 Å². The van der Waals surface area contributed by atoms with Crippen molar-refractivity contribution in [3.8, 4) is 11.3 Å². The summed E-state index contributed by atoms with van der Waals surface area (Å²) in [6.07, 6.45) is 4.41. The van der Waals surface area contributed by atoms with Crippen LogP contribution in [0.5, 0.6) is 0 Å². The Labute approximate surface area is 172 Å². The van der Waals surface area contributed by atoms with Gasteiger partial charge in [-0.25, -0.2) is 9.37 Å². The van der Waals surface area contributed by atoms with Crippen LogP contribution in [0.4, 0.5) is 21.8 Å². The van der Waals surface area contributed by atoms with Crippen molar-refractivity contribution in [3.63, 3.8) is 0 Å². The van der Waals surface area contributed by atoms with Crippen LogP contribution in [-0.4, -0.2) is 47.0 Å². The van der Waals surface area contributed by atoms with Crippen LogP contribution in [0, 0.1) is 5.82 Å². The number of nitrogens with one attached hydrogen (secondary N) is 2. The Hall–Kier alpha value is -2.58. The molecule has 2 heterocycles. The molecule has 3 rings (SSSR count). The first kappa shape index (κ1) is 20.2. The molecule has 2 aromatic heterocycles. The first-order valence-electron chi connectivity index (χ1n) is 8.91. The Bertz CT molecular complexity index is 920. The average molecular weight is 445 g/mol. The van der Waals surface area contributed by atoms with Crippen LogP contribution in [-0.2, 0) is 0 Å². The molecule has 0 aliphatic carbocycles. The molecule has 0 saturated carbocycles. The molecule has 146 valence electrons. The van der Waals surface area contributed by atoms with E-state index in [1.54, 1.807) is 24.5 Å². The molecule has 0 fully saturated rings. The van der Waals surface area contributed by atoms with Crippen LogP contribution < -0.4 is 10.6 Å². The lowest BCUT2D eigenvalue weighted by Gasteiger charge is -2.13. The maximum atomic E-state index is 13.8. The predicted octanol–water partition coefficient (Wildman–Crippen LogP) is 4.55. The second-order valence-electron chi connectivity index (χ2n) is 6.54. The number of hydrogen-bond donors (Lipinski definition) is 2.